The van der Waals surface area contributed by atoms with Gasteiger partial charge in [0.2, 0.25) is 5.82 Å². The number of aryl methyl sites for hydroxylation is 2. The molecule has 9 heteroatoms. The number of amides is 1. The lowest BCUT2D eigenvalue weighted by Crippen LogP contribution is -2.50. The van der Waals surface area contributed by atoms with E-state index in [1.165, 1.54) is 0 Å². The Kier molecular flexibility index (Phi) is 5.22. The second-order valence-corrected chi connectivity index (χ2v) is 7.94. The van der Waals surface area contributed by atoms with Crippen LogP contribution in [0.2, 0.25) is 0 Å². The van der Waals surface area contributed by atoms with Gasteiger partial charge in [0.25, 0.3) is 5.91 Å². The van der Waals surface area contributed by atoms with Gasteiger partial charge >= 0.3 is 0 Å². The van der Waals surface area contributed by atoms with E-state index in [2.05, 4.69) is 21.2 Å². The second-order valence-electron chi connectivity index (χ2n) is 7.94. The summed E-state index contributed by atoms with van der Waals surface area (Å²) in [6, 6.07) is 13.4. The summed E-state index contributed by atoms with van der Waals surface area (Å²) in [5.41, 5.74) is 2.89. The number of hydrogen-bond donors (Lipinski definition) is 0. The van der Waals surface area contributed by atoms with Gasteiger partial charge in [0.05, 0.1) is 6.26 Å². The molecule has 1 saturated heterocycles. The number of aromatic nitrogens is 4. The van der Waals surface area contributed by atoms with Crippen LogP contribution in [0.5, 0.6) is 5.75 Å². The molecule has 0 atom stereocenters. The maximum atomic E-state index is 12.6. The van der Waals surface area contributed by atoms with Crippen molar-refractivity contribution in [2.24, 2.45) is 0 Å². The number of carbonyl (C=O) groups is 1. The van der Waals surface area contributed by atoms with Crippen LogP contribution in [0, 0.1) is 13.8 Å². The predicted molar refractivity (Wildman–Crippen MR) is 119 cm³/mol. The lowest BCUT2D eigenvalue weighted by Gasteiger charge is -2.35. The minimum absolute atomic E-state index is 0.00821. The first-order valence-corrected chi connectivity index (χ1v) is 10.6. The molecule has 1 fully saturated rings. The zero-order valence-corrected chi connectivity index (χ0v) is 18.1. The Morgan fingerprint density at radius 3 is 2.53 bits per heavy atom. The smallest absolute Gasteiger partial charge is 0.260 e. The highest BCUT2D eigenvalue weighted by molar-refractivity contribution is 5.78. The molecule has 3 aromatic heterocycles. The summed E-state index contributed by atoms with van der Waals surface area (Å²) in [6.07, 6.45) is 1.60. The number of fused-ring (bicyclic) bond motifs is 1. The van der Waals surface area contributed by atoms with Gasteiger partial charge in [0.15, 0.2) is 18.0 Å². The van der Waals surface area contributed by atoms with Crippen molar-refractivity contribution in [3.63, 3.8) is 0 Å². The SMILES string of the molecule is Cc1cc(C)cc(OCC(=O)N2CCN(c3ccc4nnc(-c5ccco5)n4n3)CC2)c1. The number of benzene rings is 1. The third kappa shape index (κ3) is 4.01. The summed E-state index contributed by atoms with van der Waals surface area (Å²) < 4.78 is 12.9. The van der Waals surface area contributed by atoms with E-state index in [-0.39, 0.29) is 12.5 Å². The summed E-state index contributed by atoms with van der Waals surface area (Å²) in [5, 5.41) is 13.1. The molecule has 0 unspecified atom stereocenters. The van der Waals surface area contributed by atoms with Gasteiger partial charge in [-0.15, -0.1) is 15.3 Å². The topological polar surface area (TPSA) is 89.0 Å². The van der Waals surface area contributed by atoms with E-state index in [0.717, 1.165) is 22.7 Å². The van der Waals surface area contributed by atoms with Crippen LogP contribution in [-0.4, -0.2) is 63.4 Å². The number of anilines is 1. The first-order chi connectivity index (χ1) is 15.6. The molecule has 32 heavy (non-hydrogen) atoms. The van der Waals surface area contributed by atoms with E-state index >= 15 is 0 Å². The van der Waals surface area contributed by atoms with Crippen LogP contribution in [0.3, 0.4) is 0 Å². The molecule has 1 aromatic carbocycles. The van der Waals surface area contributed by atoms with E-state index in [9.17, 15) is 4.79 Å². The van der Waals surface area contributed by atoms with Crippen LogP contribution in [0.25, 0.3) is 17.2 Å². The van der Waals surface area contributed by atoms with Crippen molar-refractivity contribution < 1.29 is 13.9 Å². The van der Waals surface area contributed by atoms with Crippen molar-refractivity contribution in [3.05, 3.63) is 59.9 Å². The molecule has 4 aromatic rings. The Morgan fingerprint density at radius 1 is 1.03 bits per heavy atom. The van der Waals surface area contributed by atoms with E-state index in [1.54, 1.807) is 16.8 Å². The average molecular weight is 432 g/mol. The molecule has 0 saturated carbocycles. The first-order valence-electron chi connectivity index (χ1n) is 10.6. The molecule has 0 bridgehead atoms. The molecule has 4 heterocycles. The fourth-order valence-electron chi connectivity index (χ4n) is 3.94. The Labute approximate surface area is 185 Å². The minimum Gasteiger partial charge on any atom is -0.484 e. The standard InChI is InChI=1S/C23H24N6O3/c1-16-12-17(2)14-18(13-16)32-15-22(30)28-9-7-27(8-10-28)21-6-5-20-24-25-23(29(20)26-21)19-4-3-11-31-19/h3-6,11-14H,7-10,15H2,1-2H3. The highest BCUT2D eigenvalue weighted by Crippen LogP contribution is 2.21. The van der Waals surface area contributed by atoms with E-state index in [4.69, 9.17) is 14.3 Å². The maximum absolute atomic E-state index is 12.6. The highest BCUT2D eigenvalue weighted by atomic mass is 16.5. The summed E-state index contributed by atoms with van der Waals surface area (Å²) in [4.78, 5) is 16.6. The molecular formula is C23H24N6O3. The largest absolute Gasteiger partial charge is 0.484 e. The van der Waals surface area contributed by atoms with Crippen LogP contribution in [-0.2, 0) is 4.79 Å². The molecule has 5 rings (SSSR count). The normalized spacial score (nSPS) is 14.2. The number of furan rings is 1. The maximum Gasteiger partial charge on any atom is 0.260 e. The second kappa shape index (κ2) is 8.33. The molecule has 0 spiro atoms. The van der Waals surface area contributed by atoms with Crippen LogP contribution < -0.4 is 9.64 Å². The summed E-state index contributed by atoms with van der Waals surface area (Å²) >= 11 is 0. The molecule has 0 aliphatic carbocycles. The van der Waals surface area contributed by atoms with Gasteiger partial charge in [-0.25, -0.2) is 0 Å². The quantitative estimate of drug-likeness (QED) is 0.479. The Balaban J connectivity index is 1.22. The van der Waals surface area contributed by atoms with Gasteiger partial charge < -0.3 is 19.0 Å². The van der Waals surface area contributed by atoms with Crippen molar-refractivity contribution in [3.8, 4) is 17.3 Å². The van der Waals surface area contributed by atoms with Crippen LogP contribution in [0.1, 0.15) is 11.1 Å². The number of piperazine rings is 1. The molecule has 1 aliphatic rings. The van der Waals surface area contributed by atoms with E-state index in [0.29, 0.717) is 43.4 Å². The zero-order chi connectivity index (χ0) is 22.1. The molecule has 1 aliphatic heterocycles. The van der Waals surface area contributed by atoms with E-state index < -0.39 is 0 Å². The Morgan fingerprint density at radius 2 is 1.81 bits per heavy atom. The van der Waals surface area contributed by atoms with Crippen molar-refractivity contribution in [2.45, 2.75) is 13.8 Å². The molecular weight excluding hydrogens is 408 g/mol. The number of ether oxygens (including phenoxy) is 1. The van der Waals surface area contributed by atoms with Gasteiger partial charge in [0, 0.05) is 26.2 Å². The van der Waals surface area contributed by atoms with Gasteiger partial charge in [-0.05, 0) is 61.4 Å². The third-order valence-corrected chi connectivity index (χ3v) is 5.50. The number of carbonyl (C=O) groups excluding carboxylic acids is 1. The van der Waals surface area contributed by atoms with Crippen LogP contribution in [0.4, 0.5) is 5.82 Å². The number of nitrogens with zero attached hydrogens (tertiary/aromatic N) is 6. The predicted octanol–water partition coefficient (Wildman–Crippen LogP) is 2.73. The van der Waals surface area contributed by atoms with Crippen LogP contribution >= 0.6 is 0 Å². The van der Waals surface area contributed by atoms with E-state index in [1.807, 2.05) is 49.1 Å². The van der Waals surface area contributed by atoms with Crippen molar-refractivity contribution in [2.75, 3.05) is 37.7 Å². The van der Waals surface area contributed by atoms with Crippen molar-refractivity contribution in [1.82, 2.24) is 24.7 Å². The average Bonchev–Trinajstić information content (AvgIpc) is 3.46. The molecule has 164 valence electrons. The van der Waals surface area contributed by atoms with Crippen molar-refractivity contribution >= 4 is 17.4 Å². The van der Waals surface area contributed by atoms with Gasteiger partial charge in [-0.2, -0.15) is 4.52 Å². The van der Waals surface area contributed by atoms with Crippen molar-refractivity contribution in [1.29, 1.82) is 0 Å². The Bertz CT molecular complexity index is 1220. The monoisotopic (exact) mass is 432 g/mol. The minimum atomic E-state index is -0.00821. The summed E-state index contributed by atoms with van der Waals surface area (Å²) in [6.45, 7) is 6.68. The molecule has 1 amide bonds. The lowest BCUT2D eigenvalue weighted by atomic mass is 10.1. The zero-order valence-electron chi connectivity index (χ0n) is 18.1. The highest BCUT2D eigenvalue weighted by Gasteiger charge is 2.23. The summed E-state index contributed by atoms with van der Waals surface area (Å²) in [7, 11) is 0. The number of rotatable bonds is 5. The fraction of sp³-hybridized carbons (Fsp3) is 0.304. The van der Waals surface area contributed by atoms with Gasteiger partial charge in [-0.1, -0.05) is 6.07 Å². The number of hydrogen-bond acceptors (Lipinski definition) is 7. The molecule has 0 N–H and O–H groups in total. The van der Waals surface area contributed by atoms with Crippen LogP contribution in [0.15, 0.2) is 53.1 Å². The summed E-state index contributed by atoms with van der Waals surface area (Å²) in [5.74, 6) is 2.70. The van der Waals surface area contributed by atoms with Gasteiger partial charge in [-0.3, -0.25) is 4.79 Å². The first kappa shape index (κ1) is 20.0. The van der Waals surface area contributed by atoms with Gasteiger partial charge in [0.1, 0.15) is 11.6 Å². The molecule has 9 nitrogen and oxygen atoms in total. The third-order valence-electron chi connectivity index (χ3n) is 5.50. The molecule has 0 radical (unpaired) electrons. The fourth-order valence-corrected chi connectivity index (χ4v) is 3.94. The lowest BCUT2D eigenvalue weighted by molar-refractivity contribution is -0.133. The Hall–Kier alpha value is -3.88.